The van der Waals surface area contributed by atoms with Gasteiger partial charge in [0.15, 0.2) is 5.13 Å². The van der Waals surface area contributed by atoms with E-state index in [1.807, 2.05) is 11.3 Å². The van der Waals surface area contributed by atoms with E-state index in [9.17, 15) is 0 Å². The van der Waals surface area contributed by atoms with Crippen LogP contribution in [0.25, 0.3) is 0 Å². The molecule has 1 rings (SSSR count). The molecule has 0 aliphatic rings. The predicted molar refractivity (Wildman–Crippen MR) is 95.5 cm³/mol. The maximum atomic E-state index is 4.94. The Morgan fingerprint density at radius 2 is 1.67 bits per heavy atom. The fourth-order valence-electron chi connectivity index (χ4n) is 2.26. The van der Waals surface area contributed by atoms with Gasteiger partial charge in [-0.1, -0.05) is 27.2 Å². The summed E-state index contributed by atoms with van der Waals surface area (Å²) >= 11 is 1.88. The van der Waals surface area contributed by atoms with E-state index in [4.69, 9.17) is 4.98 Å². The Hall–Kier alpha value is -0.610. The molecular weight excluding hydrogens is 278 g/mol. The van der Waals surface area contributed by atoms with Crippen LogP contribution < -0.4 is 10.2 Å². The molecule has 0 spiro atoms. The van der Waals surface area contributed by atoms with E-state index in [1.54, 1.807) is 0 Å². The molecule has 0 radical (unpaired) electrons. The molecule has 3 nitrogen and oxygen atoms in total. The molecule has 1 aromatic rings. The van der Waals surface area contributed by atoms with Gasteiger partial charge in [0, 0.05) is 30.1 Å². The van der Waals surface area contributed by atoms with Crippen molar-refractivity contribution in [2.75, 3.05) is 18.0 Å². The quantitative estimate of drug-likeness (QED) is 0.722. The number of rotatable bonds is 9. The highest BCUT2D eigenvalue weighted by Gasteiger charge is 2.17. The smallest absolute Gasteiger partial charge is 0.185 e. The van der Waals surface area contributed by atoms with Crippen LogP contribution in [0.15, 0.2) is 0 Å². The molecule has 0 saturated heterocycles. The lowest BCUT2D eigenvalue weighted by molar-refractivity contribution is 0.425. The van der Waals surface area contributed by atoms with Crippen LogP contribution in [0.2, 0.25) is 0 Å². The van der Waals surface area contributed by atoms with E-state index in [0.29, 0.717) is 0 Å². The third-order valence-electron chi connectivity index (χ3n) is 3.29. The molecule has 0 saturated carbocycles. The van der Waals surface area contributed by atoms with Crippen molar-refractivity contribution in [3.8, 4) is 0 Å². The van der Waals surface area contributed by atoms with Gasteiger partial charge in [0.05, 0.1) is 5.69 Å². The van der Waals surface area contributed by atoms with Gasteiger partial charge in [-0.15, -0.1) is 11.3 Å². The second-order valence-electron chi connectivity index (χ2n) is 6.71. The molecule has 0 bridgehead atoms. The van der Waals surface area contributed by atoms with Gasteiger partial charge < -0.3 is 10.2 Å². The number of aromatic nitrogens is 1. The summed E-state index contributed by atoms with van der Waals surface area (Å²) in [5.41, 5.74) is 1.45. The Kier molecular flexibility index (Phi) is 7.67. The molecule has 0 aliphatic heterocycles. The van der Waals surface area contributed by atoms with Crippen molar-refractivity contribution in [1.29, 1.82) is 0 Å². The SMILES string of the molecule is CCCc1nc(N(CCC)CCC)sc1CNC(C)(C)C. The summed E-state index contributed by atoms with van der Waals surface area (Å²) in [6, 6.07) is 0. The summed E-state index contributed by atoms with van der Waals surface area (Å²) in [7, 11) is 0. The van der Waals surface area contributed by atoms with E-state index in [0.717, 1.165) is 32.5 Å². The summed E-state index contributed by atoms with van der Waals surface area (Å²) < 4.78 is 0. The molecular formula is C17H33N3S. The van der Waals surface area contributed by atoms with Crippen LogP contribution in [-0.4, -0.2) is 23.6 Å². The largest absolute Gasteiger partial charge is 0.348 e. The second-order valence-corrected chi connectivity index (χ2v) is 7.77. The van der Waals surface area contributed by atoms with Crippen molar-refractivity contribution < 1.29 is 0 Å². The number of nitrogens with one attached hydrogen (secondary N) is 1. The monoisotopic (exact) mass is 311 g/mol. The molecule has 1 aromatic heterocycles. The summed E-state index contributed by atoms with van der Waals surface area (Å²) in [5.74, 6) is 0. The van der Waals surface area contributed by atoms with Gasteiger partial charge in [-0.05, 0) is 40.0 Å². The first-order chi connectivity index (χ1) is 9.91. The summed E-state index contributed by atoms with van der Waals surface area (Å²) in [5, 5.41) is 4.82. The maximum absolute atomic E-state index is 4.94. The fourth-order valence-corrected chi connectivity index (χ4v) is 3.36. The van der Waals surface area contributed by atoms with E-state index in [1.165, 1.54) is 28.5 Å². The number of thiazole rings is 1. The van der Waals surface area contributed by atoms with Gasteiger partial charge in [0.25, 0.3) is 0 Å². The van der Waals surface area contributed by atoms with Gasteiger partial charge in [0.1, 0.15) is 0 Å². The number of hydrogen-bond donors (Lipinski definition) is 1. The number of aryl methyl sites for hydroxylation is 1. The number of hydrogen-bond acceptors (Lipinski definition) is 4. The lowest BCUT2D eigenvalue weighted by atomic mass is 10.1. The standard InChI is InChI=1S/C17H33N3S/c1-7-10-14-15(13-18-17(4,5)6)21-16(19-14)20(11-8-2)12-9-3/h18H,7-13H2,1-6H3. The molecule has 4 heteroatoms. The minimum Gasteiger partial charge on any atom is -0.348 e. The summed E-state index contributed by atoms with van der Waals surface area (Å²) in [6.45, 7) is 16.5. The Morgan fingerprint density at radius 3 is 2.14 bits per heavy atom. The van der Waals surface area contributed by atoms with Crippen molar-refractivity contribution in [1.82, 2.24) is 10.3 Å². The van der Waals surface area contributed by atoms with Crippen LogP contribution in [0.4, 0.5) is 5.13 Å². The van der Waals surface area contributed by atoms with Crippen LogP contribution in [-0.2, 0) is 13.0 Å². The van der Waals surface area contributed by atoms with Crippen molar-refractivity contribution in [3.63, 3.8) is 0 Å². The molecule has 0 fully saturated rings. The highest BCUT2D eigenvalue weighted by atomic mass is 32.1. The lowest BCUT2D eigenvalue weighted by Crippen LogP contribution is -2.35. The first-order valence-corrected chi connectivity index (χ1v) is 9.21. The van der Waals surface area contributed by atoms with E-state index in [-0.39, 0.29) is 5.54 Å². The Labute approximate surface area is 135 Å². The zero-order valence-corrected chi connectivity index (χ0v) is 15.6. The van der Waals surface area contributed by atoms with Crippen molar-refractivity contribution >= 4 is 16.5 Å². The molecule has 1 heterocycles. The third-order valence-corrected chi connectivity index (χ3v) is 4.45. The highest BCUT2D eigenvalue weighted by molar-refractivity contribution is 7.15. The first kappa shape index (κ1) is 18.4. The van der Waals surface area contributed by atoms with Gasteiger partial charge >= 0.3 is 0 Å². The highest BCUT2D eigenvalue weighted by Crippen LogP contribution is 2.28. The molecule has 0 aliphatic carbocycles. The topological polar surface area (TPSA) is 28.2 Å². The molecule has 0 unspecified atom stereocenters. The Balaban J connectivity index is 2.90. The van der Waals surface area contributed by atoms with Gasteiger partial charge in [0.2, 0.25) is 0 Å². The Bertz CT molecular complexity index is 401. The third kappa shape index (κ3) is 6.35. The van der Waals surface area contributed by atoms with Gasteiger partial charge in [-0.2, -0.15) is 0 Å². The molecule has 122 valence electrons. The average molecular weight is 312 g/mol. The molecule has 0 amide bonds. The van der Waals surface area contributed by atoms with Crippen LogP contribution in [0.5, 0.6) is 0 Å². The fraction of sp³-hybridized carbons (Fsp3) is 0.824. The molecule has 1 N–H and O–H groups in total. The van der Waals surface area contributed by atoms with E-state index < -0.39 is 0 Å². The lowest BCUT2D eigenvalue weighted by Gasteiger charge is -2.20. The van der Waals surface area contributed by atoms with Crippen LogP contribution in [0.1, 0.15) is 71.4 Å². The first-order valence-electron chi connectivity index (χ1n) is 8.39. The van der Waals surface area contributed by atoms with Crippen LogP contribution in [0, 0.1) is 0 Å². The summed E-state index contributed by atoms with van der Waals surface area (Å²) in [6.07, 6.45) is 4.60. The van der Waals surface area contributed by atoms with Crippen molar-refractivity contribution in [3.05, 3.63) is 10.6 Å². The second kappa shape index (κ2) is 8.74. The molecule has 0 aromatic carbocycles. The summed E-state index contributed by atoms with van der Waals surface area (Å²) in [4.78, 5) is 8.81. The van der Waals surface area contributed by atoms with Crippen LogP contribution in [0.3, 0.4) is 0 Å². The van der Waals surface area contributed by atoms with Crippen LogP contribution >= 0.6 is 11.3 Å². The minimum atomic E-state index is 0.153. The zero-order chi connectivity index (χ0) is 15.9. The Morgan fingerprint density at radius 1 is 1.05 bits per heavy atom. The van der Waals surface area contributed by atoms with Gasteiger partial charge in [-0.3, -0.25) is 0 Å². The van der Waals surface area contributed by atoms with Gasteiger partial charge in [-0.25, -0.2) is 4.98 Å². The van der Waals surface area contributed by atoms with Crippen molar-refractivity contribution in [2.24, 2.45) is 0 Å². The zero-order valence-electron chi connectivity index (χ0n) is 14.8. The average Bonchev–Trinajstić information content (AvgIpc) is 2.79. The normalized spacial score (nSPS) is 11.9. The number of anilines is 1. The van der Waals surface area contributed by atoms with E-state index >= 15 is 0 Å². The molecule has 21 heavy (non-hydrogen) atoms. The maximum Gasteiger partial charge on any atom is 0.185 e. The van der Waals surface area contributed by atoms with Crippen molar-refractivity contribution in [2.45, 2.75) is 79.3 Å². The van der Waals surface area contributed by atoms with E-state index in [2.05, 4.69) is 51.8 Å². The minimum absolute atomic E-state index is 0.153. The molecule has 0 atom stereocenters. The number of nitrogens with zero attached hydrogens (tertiary/aromatic N) is 2. The predicted octanol–water partition coefficient (Wildman–Crippen LogP) is 4.61.